The molecule has 1 aliphatic heterocycles. The third kappa shape index (κ3) is 5.42. The molecule has 2 heterocycles. The van der Waals surface area contributed by atoms with Gasteiger partial charge in [0, 0.05) is 50.8 Å². The molecular formula is C21H29N5O. The van der Waals surface area contributed by atoms with Crippen LogP contribution in [0.3, 0.4) is 0 Å². The molecule has 1 amide bonds. The lowest BCUT2D eigenvalue weighted by Gasteiger charge is -2.32. The van der Waals surface area contributed by atoms with Crippen LogP contribution in [0.5, 0.6) is 0 Å². The van der Waals surface area contributed by atoms with Gasteiger partial charge >= 0.3 is 0 Å². The molecule has 144 valence electrons. The topological polar surface area (TPSA) is 61.4 Å². The molecule has 0 radical (unpaired) electrons. The number of hydrogen-bond donors (Lipinski definition) is 1. The number of aryl methyl sites for hydroxylation is 1. The maximum atomic E-state index is 12.6. The summed E-state index contributed by atoms with van der Waals surface area (Å²) in [6.45, 7) is 5.19. The molecule has 3 rings (SSSR count). The summed E-state index contributed by atoms with van der Waals surface area (Å²) in [7, 11) is 2.08. The number of nitrogens with zero attached hydrogens (tertiary/aromatic N) is 4. The highest BCUT2D eigenvalue weighted by Crippen LogP contribution is 2.20. The Morgan fingerprint density at radius 2 is 2.11 bits per heavy atom. The first kappa shape index (κ1) is 19.1. The molecule has 0 bridgehead atoms. The van der Waals surface area contributed by atoms with E-state index in [4.69, 9.17) is 0 Å². The number of para-hydroxylation sites is 1. The Hall–Kier alpha value is -2.63. The van der Waals surface area contributed by atoms with Crippen LogP contribution in [-0.4, -0.2) is 49.1 Å². The van der Waals surface area contributed by atoms with E-state index in [1.54, 1.807) is 6.20 Å². The maximum absolute atomic E-state index is 12.6. The average Bonchev–Trinajstić information content (AvgIpc) is 2.71. The van der Waals surface area contributed by atoms with E-state index >= 15 is 0 Å². The first-order valence-corrected chi connectivity index (χ1v) is 9.72. The Labute approximate surface area is 161 Å². The lowest BCUT2D eigenvalue weighted by Crippen LogP contribution is -2.44. The largest absolute Gasteiger partial charge is 0.375 e. The van der Waals surface area contributed by atoms with Crippen molar-refractivity contribution in [1.82, 2.24) is 15.3 Å². The zero-order valence-electron chi connectivity index (χ0n) is 16.3. The van der Waals surface area contributed by atoms with Crippen LogP contribution in [0, 0.1) is 12.8 Å². The molecule has 6 heteroatoms. The molecule has 1 aromatic carbocycles. The predicted octanol–water partition coefficient (Wildman–Crippen LogP) is 2.64. The minimum absolute atomic E-state index is 0.00900. The van der Waals surface area contributed by atoms with Gasteiger partial charge in [0.15, 0.2) is 0 Å². The highest BCUT2D eigenvalue weighted by molar-refractivity contribution is 5.79. The fourth-order valence-corrected chi connectivity index (χ4v) is 3.44. The van der Waals surface area contributed by atoms with Crippen LogP contribution in [0.2, 0.25) is 0 Å². The molecule has 1 atom stereocenters. The predicted molar refractivity (Wildman–Crippen MR) is 109 cm³/mol. The van der Waals surface area contributed by atoms with Crippen LogP contribution in [-0.2, 0) is 4.79 Å². The molecule has 0 spiro atoms. The van der Waals surface area contributed by atoms with Crippen LogP contribution < -0.4 is 15.1 Å². The Bertz CT molecular complexity index is 736. The Kier molecular flexibility index (Phi) is 6.63. The maximum Gasteiger partial charge on any atom is 0.225 e. The summed E-state index contributed by atoms with van der Waals surface area (Å²) in [4.78, 5) is 25.8. The lowest BCUT2D eigenvalue weighted by molar-refractivity contribution is -0.125. The summed E-state index contributed by atoms with van der Waals surface area (Å²) in [6.07, 6.45) is 4.63. The van der Waals surface area contributed by atoms with E-state index in [2.05, 4.69) is 44.3 Å². The summed E-state index contributed by atoms with van der Waals surface area (Å²) in [5.74, 6) is 0.890. The van der Waals surface area contributed by atoms with Gasteiger partial charge in [-0.25, -0.2) is 9.97 Å². The second-order valence-corrected chi connectivity index (χ2v) is 7.18. The smallest absolute Gasteiger partial charge is 0.225 e. The Morgan fingerprint density at radius 3 is 2.89 bits per heavy atom. The Morgan fingerprint density at radius 1 is 1.30 bits per heavy atom. The molecule has 0 saturated carbocycles. The number of nitrogens with one attached hydrogen (secondary N) is 1. The van der Waals surface area contributed by atoms with Gasteiger partial charge in [0.1, 0.15) is 0 Å². The monoisotopic (exact) mass is 367 g/mol. The van der Waals surface area contributed by atoms with Crippen LogP contribution in [0.1, 0.15) is 25.0 Å². The molecular weight excluding hydrogens is 338 g/mol. The van der Waals surface area contributed by atoms with Gasteiger partial charge in [-0.2, -0.15) is 0 Å². The van der Waals surface area contributed by atoms with Gasteiger partial charge in [-0.15, -0.1) is 0 Å². The summed E-state index contributed by atoms with van der Waals surface area (Å²) in [6, 6.07) is 12.2. The van der Waals surface area contributed by atoms with Gasteiger partial charge in [0.2, 0.25) is 11.9 Å². The number of benzene rings is 1. The third-order valence-electron chi connectivity index (χ3n) is 5.02. The van der Waals surface area contributed by atoms with E-state index in [1.807, 2.05) is 31.2 Å². The molecule has 1 fully saturated rings. The minimum atomic E-state index is 0.00900. The fraction of sp³-hybridized carbons (Fsp3) is 0.476. The Balaban J connectivity index is 1.42. The first-order valence-electron chi connectivity index (χ1n) is 9.72. The number of anilines is 2. The molecule has 1 aliphatic rings. The van der Waals surface area contributed by atoms with Crippen molar-refractivity contribution in [3.8, 4) is 0 Å². The summed E-state index contributed by atoms with van der Waals surface area (Å²) in [5.41, 5.74) is 2.15. The van der Waals surface area contributed by atoms with Gasteiger partial charge in [-0.1, -0.05) is 18.2 Å². The number of carbonyl (C=O) groups excluding carboxylic acids is 1. The van der Waals surface area contributed by atoms with Gasteiger partial charge in [0.05, 0.1) is 5.92 Å². The first-order chi connectivity index (χ1) is 13.1. The van der Waals surface area contributed by atoms with Gasteiger partial charge in [-0.3, -0.25) is 4.79 Å². The van der Waals surface area contributed by atoms with Crippen molar-refractivity contribution in [2.24, 2.45) is 5.92 Å². The van der Waals surface area contributed by atoms with Crippen molar-refractivity contribution in [3.63, 3.8) is 0 Å². The number of aromatic nitrogens is 2. The van der Waals surface area contributed by atoms with E-state index in [-0.39, 0.29) is 11.8 Å². The van der Waals surface area contributed by atoms with Crippen molar-refractivity contribution in [1.29, 1.82) is 0 Å². The number of piperidine rings is 1. The molecule has 1 saturated heterocycles. The molecule has 1 N–H and O–H groups in total. The highest BCUT2D eigenvalue weighted by atomic mass is 16.1. The standard InChI is InChI=1S/C21H29N5O/c1-17-11-13-23-21(24-17)26-15-6-8-18(16-26)20(27)22-12-7-14-25(2)19-9-4-3-5-10-19/h3-5,9-11,13,18H,6-8,12,14-16H2,1-2H3,(H,22,27)/t18-/m0/s1. The molecule has 0 unspecified atom stereocenters. The zero-order valence-corrected chi connectivity index (χ0v) is 16.3. The molecule has 6 nitrogen and oxygen atoms in total. The van der Waals surface area contributed by atoms with E-state index in [0.29, 0.717) is 13.1 Å². The van der Waals surface area contributed by atoms with Crippen LogP contribution >= 0.6 is 0 Å². The van der Waals surface area contributed by atoms with Crippen molar-refractivity contribution < 1.29 is 4.79 Å². The number of rotatable bonds is 7. The zero-order chi connectivity index (χ0) is 19.1. The second-order valence-electron chi connectivity index (χ2n) is 7.18. The summed E-state index contributed by atoms with van der Waals surface area (Å²) in [5, 5.41) is 3.11. The van der Waals surface area contributed by atoms with Crippen LogP contribution in [0.25, 0.3) is 0 Å². The third-order valence-corrected chi connectivity index (χ3v) is 5.02. The van der Waals surface area contributed by atoms with Gasteiger partial charge in [0.25, 0.3) is 0 Å². The average molecular weight is 367 g/mol. The van der Waals surface area contributed by atoms with Crippen molar-refractivity contribution in [2.75, 3.05) is 43.0 Å². The fourth-order valence-electron chi connectivity index (χ4n) is 3.44. The normalized spacial score (nSPS) is 16.8. The minimum Gasteiger partial charge on any atom is -0.375 e. The van der Waals surface area contributed by atoms with Gasteiger partial charge < -0.3 is 15.1 Å². The SMILES string of the molecule is Cc1ccnc(N2CCC[C@H](C(=O)NCCCN(C)c3ccccc3)C2)n1. The second kappa shape index (κ2) is 9.35. The van der Waals surface area contributed by atoms with Gasteiger partial charge in [-0.05, 0) is 44.4 Å². The van der Waals surface area contributed by atoms with E-state index in [9.17, 15) is 4.79 Å². The molecule has 1 aromatic heterocycles. The van der Waals surface area contributed by atoms with Crippen molar-refractivity contribution >= 4 is 17.5 Å². The van der Waals surface area contributed by atoms with E-state index in [0.717, 1.165) is 44.0 Å². The molecule has 0 aliphatic carbocycles. The number of amides is 1. The highest BCUT2D eigenvalue weighted by Gasteiger charge is 2.26. The lowest BCUT2D eigenvalue weighted by atomic mass is 9.97. The van der Waals surface area contributed by atoms with Crippen LogP contribution in [0.4, 0.5) is 11.6 Å². The summed E-state index contributed by atoms with van der Waals surface area (Å²) < 4.78 is 0. The summed E-state index contributed by atoms with van der Waals surface area (Å²) >= 11 is 0. The number of hydrogen-bond acceptors (Lipinski definition) is 5. The van der Waals surface area contributed by atoms with E-state index in [1.165, 1.54) is 5.69 Å². The van der Waals surface area contributed by atoms with Crippen molar-refractivity contribution in [2.45, 2.75) is 26.2 Å². The van der Waals surface area contributed by atoms with Crippen LogP contribution in [0.15, 0.2) is 42.6 Å². The number of carbonyl (C=O) groups is 1. The quantitative estimate of drug-likeness (QED) is 0.763. The van der Waals surface area contributed by atoms with E-state index < -0.39 is 0 Å². The van der Waals surface area contributed by atoms with Crippen molar-refractivity contribution in [3.05, 3.63) is 48.3 Å². The molecule has 27 heavy (non-hydrogen) atoms. The molecule has 2 aromatic rings.